The summed E-state index contributed by atoms with van der Waals surface area (Å²) in [5, 5.41) is 14.4. The lowest BCUT2D eigenvalue weighted by molar-refractivity contribution is 0.571. The average Bonchev–Trinajstić information content (AvgIpc) is 1.51. The molecule has 0 aliphatic rings. The van der Waals surface area contributed by atoms with Gasteiger partial charge in [0.1, 0.15) is 22.1 Å². The maximum Gasteiger partial charge on any atom is 0.114 e. The van der Waals surface area contributed by atoms with Crippen LogP contribution in [0.3, 0.4) is 0 Å². The van der Waals surface area contributed by atoms with Gasteiger partial charge in [0, 0.05) is 140 Å². The second-order valence-corrected chi connectivity index (χ2v) is 42.5. The van der Waals surface area contributed by atoms with Crippen LogP contribution in [0.15, 0.2) is 121 Å². The van der Waals surface area contributed by atoms with Gasteiger partial charge in [0.15, 0.2) is 0 Å². The second-order valence-electron chi connectivity index (χ2n) is 35.0. The molecular weight excluding hydrogens is 1610 g/mol. The molecular formula is C106H122N6S8. The lowest BCUT2D eigenvalue weighted by Gasteiger charge is -2.09. The Labute approximate surface area is 743 Å². The SMILES string of the molecule is CCCCCCCCc1sc2c(c1CCCCCCCC)c1cc(-c3ccc(-c4ccc5c(c4)c4ccccc4n5CCCCCCCC)c4nsnc34)sc1c1sc3c(sc4c5sc(-c6ccc(-c7ccc8c(c7)c7ccccc7n8CCCCCCCC)c7nsnc67)cc5c5c(CCCCCCCC)c(CCCCCCCC)sc5c43)c12. The van der Waals surface area contributed by atoms with E-state index >= 15 is 0 Å². The molecule has 0 aliphatic heterocycles. The number of benzene rings is 8. The van der Waals surface area contributed by atoms with E-state index in [4.69, 9.17) is 17.5 Å². The summed E-state index contributed by atoms with van der Waals surface area (Å²) in [6.45, 7) is 16.1. The molecule has 0 N–H and O–H groups in total. The van der Waals surface area contributed by atoms with Crippen molar-refractivity contribution in [3.63, 3.8) is 0 Å². The zero-order valence-corrected chi connectivity index (χ0v) is 78.7. The molecule has 10 aromatic heterocycles. The van der Waals surface area contributed by atoms with Gasteiger partial charge in [-0.25, -0.2) is 0 Å². The van der Waals surface area contributed by atoms with Crippen LogP contribution in [0.4, 0.5) is 0 Å². The number of para-hydroxylation sites is 2. The summed E-state index contributed by atoms with van der Waals surface area (Å²) in [6, 6.07) is 47.5. The highest BCUT2D eigenvalue weighted by atomic mass is 32.1. The molecule has 0 saturated carbocycles. The normalized spacial score (nSPS) is 12.5. The minimum Gasteiger partial charge on any atom is -0.340 e. The minimum atomic E-state index is 1.01. The van der Waals surface area contributed by atoms with Crippen LogP contribution in [-0.4, -0.2) is 26.6 Å². The van der Waals surface area contributed by atoms with Crippen LogP contribution in [0.2, 0.25) is 0 Å². The smallest absolute Gasteiger partial charge is 0.114 e. The van der Waals surface area contributed by atoms with Crippen molar-refractivity contribution >= 4 is 227 Å². The van der Waals surface area contributed by atoms with Crippen molar-refractivity contribution in [1.82, 2.24) is 26.6 Å². The number of fused-ring (bicyclic) bond motifs is 23. The molecule has 0 saturated heterocycles. The molecule has 0 atom stereocenters. The lowest BCUT2D eigenvalue weighted by atomic mass is 9.96. The number of hydrogen-bond donors (Lipinski definition) is 0. The van der Waals surface area contributed by atoms with E-state index < -0.39 is 0 Å². The van der Waals surface area contributed by atoms with Gasteiger partial charge in [0.2, 0.25) is 0 Å². The molecule has 120 heavy (non-hydrogen) atoms. The maximum atomic E-state index is 5.32. The number of aromatic nitrogens is 6. The summed E-state index contributed by atoms with van der Waals surface area (Å²) in [7, 11) is 0. The first-order valence-electron chi connectivity index (χ1n) is 47.1. The van der Waals surface area contributed by atoms with Gasteiger partial charge in [-0.15, -0.1) is 68.0 Å². The molecule has 6 nitrogen and oxygen atoms in total. The Kier molecular flexibility index (Phi) is 27.6. The van der Waals surface area contributed by atoms with Gasteiger partial charge in [0.25, 0.3) is 0 Å². The number of nitrogens with zero attached hydrogens (tertiary/aromatic N) is 6. The molecule has 0 radical (unpaired) electrons. The van der Waals surface area contributed by atoms with Crippen LogP contribution in [0, 0.1) is 0 Å². The second kappa shape index (κ2) is 39.5. The first-order chi connectivity index (χ1) is 59.4. The standard InChI is InChI=1S/C106H122N6S8/c1-7-13-19-25-31-37-49-75-87(53-39-33-27-21-15-9-3)113-101-91(75)81-67-89(77-59-57-71(95-97(77)109-119-107-95)69-55-61-85-79(65-69)73-47-41-43-51-83(73)111(85)63-45-35-29-23-17-11-5)115-99(81)103-93(101)105-106(117-103)94-102-92(76(50-38-32-26-20-14-8-2)88(114-102)54-40-34-28-22-16-10-4)82-68-90(116-100(82)104(94)118-105)78-60-58-72(96-98(78)110-120-108-96)70-56-62-86-80(66-70)74-48-42-44-52-84(74)112(86)64-46-36-30-24-18-12-6/h41-44,47-48,51-52,55-62,65-68H,7-40,45-46,49-50,53-54,63-64H2,1-6H3. The van der Waals surface area contributed by atoms with Gasteiger partial charge in [-0.05, 0) is 135 Å². The Bertz CT molecular complexity index is 6190. The lowest BCUT2D eigenvalue weighted by Crippen LogP contribution is -1.97. The molecule has 0 fully saturated rings. The van der Waals surface area contributed by atoms with Crippen molar-refractivity contribution in [1.29, 1.82) is 0 Å². The van der Waals surface area contributed by atoms with Gasteiger partial charge >= 0.3 is 0 Å². The van der Waals surface area contributed by atoms with E-state index in [0.29, 0.717) is 0 Å². The summed E-state index contributed by atoms with van der Waals surface area (Å²) >= 11 is 15.5. The molecule has 0 bridgehead atoms. The van der Waals surface area contributed by atoms with E-state index in [1.165, 1.54) is 389 Å². The van der Waals surface area contributed by atoms with E-state index in [1.54, 1.807) is 31.7 Å². The third kappa shape index (κ3) is 16.8. The quantitative estimate of drug-likeness (QED) is 0.0357. The van der Waals surface area contributed by atoms with Crippen LogP contribution in [0.5, 0.6) is 0 Å². The number of unbranched alkanes of at least 4 members (excludes halogenated alkanes) is 30. The summed E-state index contributed by atoms with van der Waals surface area (Å²) in [4.78, 5) is 5.92. The number of aryl methyl sites for hydroxylation is 6. The molecule has 0 spiro atoms. The third-order valence-electron chi connectivity index (χ3n) is 26.6. The number of hydrogen-bond acceptors (Lipinski definition) is 12. The van der Waals surface area contributed by atoms with Crippen LogP contribution in [-0.2, 0) is 38.8 Å². The topological polar surface area (TPSA) is 61.4 Å². The van der Waals surface area contributed by atoms with Crippen molar-refractivity contribution < 1.29 is 0 Å². The van der Waals surface area contributed by atoms with E-state index in [9.17, 15) is 0 Å². The Morgan fingerprint density at radius 2 is 0.558 bits per heavy atom. The summed E-state index contributed by atoms with van der Waals surface area (Å²) in [6.07, 6.45) is 51.4. The maximum absolute atomic E-state index is 5.32. The van der Waals surface area contributed by atoms with E-state index in [0.717, 1.165) is 72.0 Å². The van der Waals surface area contributed by atoms with Crippen molar-refractivity contribution in [2.75, 3.05) is 0 Å². The fourth-order valence-electron chi connectivity index (χ4n) is 20.2. The van der Waals surface area contributed by atoms with E-state index in [1.807, 2.05) is 22.7 Å². The largest absolute Gasteiger partial charge is 0.340 e. The average molecular weight is 1740 g/mol. The van der Waals surface area contributed by atoms with E-state index in [2.05, 4.69) is 217 Å². The fraction of sp³-hybridized carbons (Fsp3) is 0.453. The Balaban J connectivity index is 0.809. The number of thiophene rings is 6. The molecule has 10 heterocycles. The highest BCUT2D eigenvalue weighted by Crippen LogP contribution is 2.60. The van der Waals surface area contributed by atoms with Gasteiger partial charge in [-0.1, -0.05) is 307 Å². The van der Waals surface area contributed by atoms with Crippen molar-refractivity contribution in [3.8, 4) is 43.1 Å². The van der Waals surface area contributed by atoms with Crippen molar-refractivity contribution in [3.05, 3.63) is 142 Å². The fourth-order valence-corrected chi connectivity index (χ4v) is 30.1. The molecule has 8 aromatic carbocycles. The van der Waals surface area contributed by atoms with Crippen LogP contribution in [0.1, 0.15) is 294 Å². The Morgan fingerprint density at radius 3 is 0.942 bits per heavy atom. The first kappa shape index (κ1) is 83.9. The zero-order valence-electron chi connectivity index (χ0n) is 72.2. The van der Waals surface area contributed by atoms with Gasteiger partial charge in [-0.2, -0.15) is 17.5 Å². The predicted molar refractivity (Wildman–Crippen MR) is 541 cm³/mol. The van der Waals surface area contributed by atoms with Crippen molar-refractivity contribution in [2.45, 2.75) is 311 Å². The summed E-state index contributed by atoms with van der Waals surface area (Å²) < 4.78 is 38.3. The van der Waals surface area contributed by atoms with Crippen LogP contribution >= 0.6 is 91.5 Å². The minimum absolute atomic E-state index is 1.01. The Morgan fingerprint density at radius 1 is 0.242 bits per heavy atom. The molecule has 0 aliphatic carbocycles. The molecule has 18 rings (SSSR count). The predicted octanol–water partition coefficient (Wildman–Crippen LogP) is 37.4. The Hall–Kier alpha value is -6.98. The van der Waals surface area contributed by atoms with E-state index in [-0.39, 0.29) is 0 Å². The monoisotopic (exact) mass is 1730 g/mol. The van der Waals surface area contributed by atoms with Gasteiger partial charge < -0.3 is 9.13 Å². The summed E-state index contributed by atoms with van der Waals surface area (Å²) in [5.41, 5.74) is 19.9. The highest BCUT2D eigenvalue weighted by molar-refractivity contribution is 7.42. The molecule has 14 heteroatoms. The van der Waals surface area contributed by atoms with Crippen LogP contribution < -0.4 is 0 Å². The summed E-state index contributed by atoms with van der Waals surface area (Å²) in [5.74, 6) is 0. The zero-order chi connectivity index (χ0) is 81.4. The highest BCUT2D eigenvalue weighted by Gasteiger charge is 2.31. The number of rotatable bonds is 46. The third-order valence-corrected chi connectivity index (χ3v) is 35.5. The van der Waals surface area contributed by atoms with Crippen molar-refractivity contribution in [2.24, 2.45) is 0 Å². The van der Waals surface area contributed by atoms with Gasteiger partial charge in [-0.3, -0.25) is 0 Å². The first-order valence-corrected chi connectivity index (χ1v) is 53.5. The van der Waals surface area contributed by atoms with Gasteiger partial charge in [0.05, 0.1) is 51.7 Å². The molecule has 624 valence electrons. The molecule has 18 aromatic rings. The van der Waals surface area contributed by atoms with Crippen LogP contribution in [0.25, 0.3) is 179 Å². The molecule has 0 unspecified atom stereocenters. The molecule has 0 amide bonds.